The summed E-state index contributed by atoms with van der Waals surface area (Å²) in [5.41, 5.74) is 3.13. The highest BCUT2D eigenvalue weighted by Gasteiger charge is 2.08. The van der Waals surface area contributed by atoms with Crippen molar-refractivity contribution in [3.63, 3.8) is 0 Å². The summed E-state index contributed by atoms with van der Waals surface area (Å²) in [5, 5.41) is 12.4. The first kappa shape index (κ1) is 15.1. The Balaban J connectivity index is 1.99. The predicted molar refractivity (Wildman–Crippen MR) is 84.0 cm³/mol. The first-order valence-corrected chi connectivity index (χ1v) is 7.13. The first-order valence-electron chi connectivity index (χ1n) is 7.13. The van der Waals surface area contributed by atoms with Crippen LogP contribution in [-0.2, 0) is 6.54 Å². The van der Waals surface area contributed by atoms with Crippen LogP contribution in [0.3, 0.4) is 0 Å². The average Bonchev–Trinajstić information content (AvgIpc) is 2.56. The Bertz CT molecular complexity index is 597. The summed E-state index contributed by atoms with van der Waals surface area (Å²) in [7, 11) is 1.68. The second-order valence-electron chi connectivity index (χ2n) is 4.92. The maximum absolute atomic E-state index is 8.80. The molecular formula is C18H20N2O. The van der Waals surface area contributed by atoms with E-state index in [0.717, 1.165) is 18.7 Å². The summed E-state index contributed by atoms with van der Waals surface area (Å²) in [5.74, 6) is 0.876. The Morgan fingerprint density at radius 1 is 1.10 bits per heavy atom. The van der Waals surface area contributed by atoms with Crippen molar-refractivity contribution < 1.29 is 4.74 Å². The lowest BCUT2D eigenvalue weighted by molar-refractivity contribution is 0.414. The summed E-state index contributed by atoms with van der Waals surface area (Å²) < 4.78 is 5.19. The Morgan fingerprint density at radius 2 is 1.76 bits per heavy atom. The molecule has 1 unspecified atom stereocenters. The van der Waals surface area contributed by atoms with E-state index < -0.39 is 0 Å². The molecule has 0 saturated heterocycles. The van der Waals surface area contributed by atoms with E-state index in [1.54, 1.807) is 7.11 Å². The molecule has 0 spiro atoms. The van der Waals surface area contributed by atoms with Gasteiger partial charge in [-0.3, -0.25) is 0 Å². The molecule has 0 saturated carbocycles. The summed E-state index contributed by atoms with van der Waals surface area (Å²) in [4.78, 5) is 0. The molecule has 108 valence electrons. The van der Waals surface area contributed by atoms with Crippen molar-refractivity contribution in [3.8, 4) is 11.8 Å². The van der Waals surface area contributed by atoms with Crippen LogP contribution in [0.15, 0.2) is 48.5 Å². The van der Waals surface area contributed by atoms with Gasteiger partial charge in [-0.05, 0) is 41.8 Å². The monoisotopic (exact) mass is 280 g/mol. The highest BCUT2D eigenvalue weighted by Crippen LogP contribution is 2.20. The minimum absolute atomic E-state index is 0.312. The van der Waals surface area contributed by atoms with Gasteiger partial charge in [0.05, 0.1) is 18.7 Å². The van der Waals surface area contributed by atoms with E-state index >= 15 is 0 Å². The van der Waals surface area contributed by atoms with E-state index in [1.807, 2.05) is 36.4 Å². The fourth-order valence-corrected chi connectivity index (χ4v) is 2.27. The van der Waals surface area contributed by atoms with Crippen molar-refractivity contribution in [2.75, 3.05) is 7.11 Å². The molecule has 3 nitrogen and oxygen atoms in total. The van der Waals surface area contributed by atoms with Crippen molar-refractivity contribution in [3.05, 3.63) is 65.2 Å². The molecule has 0 fully saturated rings. The number of nitrogens with zero attached hydrogens (tertiary/aromatic N) is 1. The Morgan fingerprint density at radius 3 is 2.29 bits per heavy atom. The van der Waals surface area contributed by atoms with Crippen molar-refractivity contribution in [1.29, 1.82) is 5.26 Å². The van der Waals surface area contributed by atoms with Crippen LogP contribution in [0, 0.1) is 11.3 Å². The van der Waals surface area contributed by atoms with E-state index in [0.29, 0.717) is 11.6 Å². The Kier molecular flexibility index (Phi) is 5.36. The molecule has 3 heteroatoms. The van der Waals surface area contributed by atoms with E-state index in [-0.39, 0.29) is 0 Å². The molecule has 21 heavy (non-hydrogen) atoms. The van der Waals surface area contributed by atoms with Gasteiger partial charge < -0.3 is 10.1 Å². The fourth-order valence-electron chi connectivity index (χ4n) is 2.27. The summed E-state index contributed by atoms with van der Waals surface area (Å²) in [6.07, 6.45) is 1.02. The summed E-state index contributed by atoms with van der Waals surface area (Å²) in [6, 6.07) is 18.3. The highest BCUT2D eigenvalue weighted by molar-refractivity contribution is 5.32. The van der Waals surface area contributed by atoms with Crippen molar-refractivity contribution in [2.45, 2.75) is 25.9 Å². The van der Waals surface area contributed by atoms with Crippen LogP contribution in [-0.4, -0.2) is 7.11 Å². The van der Waals surface area contributed by atoms with Crippen molar-refractivity contribution >= 4 is 0 Å². The van der Waals surface area contributed by atoms with Gasteiger partial charge in [0.15, 0.2) is 0 Å². The Labute approximate surface area is 126 Å². The number of benzene rings is 2. The van der Waals surface area contributed by atoms with Gasteiger partial charge in [-0.2, -0.15) is 5.26 Å². The minimum Gasteiger partial charge on any atom is -0.497 e. The van der Waals surface area contributed by atoms with Crippen LogP contribution in [0.1, 0.15) is 36.1 Å². The molecule has 1 atom stereocenters. The van der Waals surface area contributed by atoms with Gasteiger partial charge in [-0.15, -0.1) is 0 Å². The highest BCUT2D eigenvalue weighted by atomic mass is 16.5. The van der Waals surface area contributed by atoms with Crippen LogP contribution in [0.5, 0.6) is 5.75 Å². The van der Waals surface area contributed by atoms with Gasteiger partial charge in [-0.25, -0.2) is 0 Å². The van der Waals surface area contributed by atoms with E-state index in [9.17, 15) is 0 Å². The molecule has 2 aromatic rings. The molecule has 0 aliphatic rings. The normalized spacial score (nSPS) is 11.7. The van der Waals surface area contributed by atoms with Crippen LogP contribution >= 0.6 is 0 Å². The molecule has 1 N–H and O–H groups in total. The molecule has 0 aliphatic carbocycles. The third-order valence-electron chi connectivity index (χ3n) is 3.56. The first-order chi connectivity index (χ1) is 10.3. The zero-order chi connectivity index (χ0) is 15.1. The minimum atomic E-state index is 0.312. The second-order valence-corrected chi connectivity index (χ2v) is 4.92. The molecule has 2 aromatic carbocycles. The van der Waals surface area contributed by atoms with Gasteiger partial charge in [0.1, 0.15) is 5.75 Å². The predicted octanol–water partition coefficient (Wildman–Crippen LogP) is 3.81. The lowest BCUT2D eigenvalue weighted by atomic mass is 10.0. The zero-order valence-electron chi connectivity index (χ0n) is 12.5. The maximum atomic E-state index is 8.80. The maximum Gasteiger partial charge on any atom is 0.118 e. The molecular weight excluding hydrogens is 260 g/mol. The van der Waals surface area contributed by atoms with Crippen LogP contribution in [0.4, 0.5) is 0 Å². The molecule has 0 bridgehead atoms. The molecule has 0 heterocycles. The van der Waals surface area contributed by atoms with Crippen LogP contribution in [0.25, 0.3) is 0 Å². The van der Waals surface area contributed by atoms with Crippen LogP contribution in [0.2, 0.25) is 0 Å². The average molecular weight is 280 g/mol. The number of methoxy groups -OCH3 is 1. The number of rotatable bonds is 6. The van der Waals surface area contributed by atoms with E-state index in [1.165, 1.54) is 11.1 Å². The third kappa shape index (κ3) is 4.08. The molecule has 0 amide bonds. The fraction of sp³-hybridized carbons (Fsp3) is 0.278. The SMILES string of the molecule is CCC(NCc1ccc(C#N)cc1)c1ccc(OC)cc1. The van der Waals surface area contributed by atoms with Crippen molar-refractivity contribution in [2.24, 2.45) is 0 Å². The summed E-state index contributed by atoms with van der Waals surface area (Å²) >= 11 is 0. The van der Waals surface area contributed by atoms with Gasteiger partial charge in [0, 0.05) is 12.6 Å². The van der Waals surface area contributed by atoms with E-state index in [4.69, 9.17) is 10.00 Å². The smallest absolute Gasteiger partial charge is 0.118 e. The van der Waals surface area contributed by atoms with Gasteiger partial charge in [0.25, 0.3) is 0 Å². The standard InChI is InChI=1S/C18H20N2O/c1-3-18(16-8-10-17(21-2)11-9-16)20-13-15-6-4-14(12-19)5-7-15/h4-11,18,20H,3,13H2,1-2H3. The molecule has 0 aliphatic heterocycles. The van der Waals surface area contributed by atoms with E-state index in [2.05, 4.69) is 30.4 Å². The second kappa shape index (κ2) is 7.47. The zero-order valence-corrected chi connectivity index (χ0v) is 12.5. The van der Waals surface area contributed by atoms with Crippen LogP contribution < -0.4 is 10.1 Å². The molecule has 2 rings (SSSR count). The molecule has 0 radical (unpaired) electrons. The number of nitrogens with one attached hydrogen (secondary N) is 1. The Hall–Kier alpha value is -2.31. The quantitative estimate of drug-likeness (QED) is 0.875. The lowest BCUT2D eigenvalue weighted by Crippen LogP contribution is -2.20. The third-order valence-corrected chi connectivity index (χ3v) is 3.56. The van der Waals surface area contributed by atoms with Gasteiger partial charge in [-0.1, -0.05) is 31.2 Å². The van der Waals surface area contributed by atoms with Gasteiger partial charge >= 0.3 is 0 Å². The number of hydrogen-bond donors (Lipinski definition) is 1. The number of ether oxygens (including phenoxy) is 1. The molecule has 0 aromatic heterocycles. The summed E-state index contributed by atoms with van der Waals surface area (Å²) in [6.45, 7) is 2.96. The number of nitriles is 1. The topological polar surface area (TPSA) is 45.0 Å². The number of hydrogen-bond acceptors (Lipinski definition) is 3. The van der Waals surface area contributed by atoms with Crippen molar-refractivity contribution in [1.82, 2.24) is 5.32 Å². The van der Waals surface area contributed by atoms with Gasteiger partial charge in [0.2, 0.25) is 0 Å². The lowest BCUT2D eigenvalue weighted by Gasteiger charge is -2.18. The largest absolute Gasteiger partial charge is 0.497 e.